The summed E-state index contributed by atoms with van der Waals surface area (Å²) in [7, 11) is 0. The van der Waals surface area contributed by atoms with Crippen molar-refractivity contribution in [3.05, 3.63) is 12.2 Å². The highest BCUT2D eigenvalue weighted by Crippen LogP contribution is 2.09. The molecule has 0 radical (unpaired) electrons. The van der Waals surface area contributed by atoms with Crippen molar-refractivity contribution in [1.29, 1.82) is 0 Å². The van der Waals surface area contributed by atoms with Crippen LogP contribution >= 0.6 is 0 Å². The summed E-state index contributed by atoms with van der Waals surface area (Å²) in [6, 6.07) is 0. The fraction of sp³-hybridized carbons (Fsp3) is 0.500. The van der Waals surface area contributed by atoms with Crippen LogP contribution < -0.4 is 5.73 Å². The van der Waals surface area contributed by atoms with Crippen LogP contribution in [-0.2, 0) is 9.59 Å². The Morgan fingerprint density at radius 2 is 1.92 bits per heavy atom. The van der Waals surface area contributed by atoms with E-state index < -0.39 is 6.17 Å². The first-order valence-electron chi connectivity index (χ1n) is 3.97. The lowest BCUT2D eigenvalue weighted by molar-refractivity contribution is -0.139. The van der Waals surface area contributed by atoms with Gasteiger partial charge in [-0.2, -0.15) is 0 Å². The molecule has 1 unspecified atom stereocenters. The molecule has 0 aromatic heterocycles. The largest absolute Gasteiger partial charge is 0.311 e. The average molecular weight is 168 g/mol. The van der Waals surface area contributed by atoms with Gasteiger partial charge in [-0.1, -0.05) is 13.3 Å². The second kappa shape index (κ2) is 3.49. The highest BCUT2D eigenvalue weighted by atomic mass is 16.2. The molecule has 0 saturated heterocycles. The second-order valence-corrected chi connectivity index (χ2v) is 2.74. The molecular weight excluding hydrogens is 156 g/mol. The molecule has 0 aromatic carbocycles. The van der Waals surface area contributed by atoms with Crippen LogP contribution in [0.5, 0.6) is 0 Å². The van der Waals surface area contributed by atoms with Crippen LogP contribution in [0, 0.1) is 0 Å². The predicted molar refractivity (Wildman–Crippen MR) is 43.9 cm³/mol. The molecule has 0 bridgehead atoms. The van der Waals surface area contributed by atoms with Gasteiger partial charge in [0.15, 0.2) is 0 Å². The van der Waals surface area contributed by atoms with Crippen LogP contribution in [-0.4, -0.2) is 22.9 Å². The number of amides is 2. The number of nitrogens with zero attached hydrogens (tertiary/aromatic N) is 1. The molecule has 1 aliphatic rings. The molecule has 2 amide bonds. The second-order valence-electron chi connectivity index (χ2n) is 2.74. The third-order valence-corrected chi connectivity index (χ3v) is 1.76. The van der Waals surface area contributed by atoms with Crippen LogP contribution in [0.4, 0.5) is 0 Å². The van der Waals surface area contributed by atoms with Gasteiger partial charge < -0.3 is 5.73 Å². The van der Waals surface area contributed by atoms with Crippen molar-refractivity contribution >= 4 is 11.8 Å². The van der Waals surface area contributed by atoms with Crippen molar-refractivity contribution in [3.8, 4) is 0 Å². The zero-order valence-corrected chi connectivity index (χ0v) is 6.99. The van der Waals surface area contributed by atoms with Gasteiger partial charge in [-0.15, -0.1) is 0 Å². The molecule has 66 valence electrons. The number of rotatable bonds is 3. The fourth-order valence-corrected chi connectivity index (χ4v) is 1.16. The Bertz CT molecular complexity index is 217. The van der Waals surface area contributed by atoms with Gasteiger partial charge in [0, 0.05) is 12.2 Å². The topological polar surface area (TPSA) is 63.4 Å². The van der Waals surface area contributed by atoms with E-state index in [0.29, 0.717) is 6.42 Å². The van der Waals surface area contributed by atoms with Crippen LogP contribution in [0.3, 0.4) is 0 Å². The lowest BCUT2D eigenvalue weighted by Crippen LogP contribution is -2.45. The van der Waals surface area contributed by atoms with Gasteiger partial charge in [-0.05, 0) is 6.42 Å². The van der Waals surface area contributed by atoms with Crippen LogP contribution in [0.2, 0.25) is 0 Å². The molecule has 0 saturated carbocycles. The number of nitrogens with two attached hydrogens (primary N) is 1. The third kappa shape index (κ3) is 1.53. The molecule has 0 aliphatic carbocycles. The highest BCUT2D eigenvalue weighted by molar-refractivity contribution is 6.13. The number of hydrogen-bond acceptors (Lipinski definition) is 3. The monoisotopic (exact) mass is 168 g/mol. The molecule has 1 rings (SSSR count). The Kier molecular flexibility index (Phi) is 2.60. The van der Waals surface area contributed by atoms with Gasteiger partial charge in [0.25, 0.3) is 11.8 Å². The number of hydrogen-bond donors (Lipinski definition) is 1. The molecule has 0 spiro atoms. The quantitative estimate of drug-likeness (QED) is 0.603. The van der Waals surface area contributed by atoms with Crippen molar-refractivity contribution in [1.82, 2.24) is 4.90 Å². The third-order valence-electron chi connectivity index (χ3n) is 1.76. The van der Waals surface area contributed by atoms with Gasteiger partial charge in [-0.3, -0.25) is 14.5 Å². The molecule has 4 nitrogen and oxygen atoms in total. The summed E-state index contributed by atoms with van der Waals surface area (Å²) in [6.45, 7) is 1.96. The molecule has 1 atom stereocenters. The summed E-state index contributed by atoms with van der Waals surface area (Å²) >= 11 is 0. The number of imide groups is 1. The SMILES string of the molecule is CCCC(N)N1C(=O)C=CC1=O. The molecule has 12 heavy (non-hydrogen) atoms. The Labute approximate surface area is 71.0 Å². The first-order valence-corrected chi connectivity index (χ1v) is 3.97. The standard InChI is InChI=1S/C8H12N2O2/c1-2-3-6(9)10-7(11)4-5-8(10)12/h4-6H,2-3,9H2,1H3. The van der Waals surface area contributed by atoms with E-state index in [1.54, 1.807) is 0 Å². The normalized spacial score (nSPS) is 19.0. The van der Waals surface area contributed by atoms with Gasteiger partial charge in [0.05, 0.1) is 6.17 Å². The molecule has 1 aliphatic heterocycles. The fourth-order valence-electron chi connectivity index (χ4n) is 1.16. The van der Waals surface area contributed by atoms with E-state index >= 15 is 0 Å². The van der Waals surface area contributed by atoms with Gasteiger partial charge in [0.2, 0.25) is 0 Å². The van der Waals surface area contributed by atoms with Crippen LogP contribution in [0.25, 0.3) is 0 Å². The van der Waals surface area contributed by atoms with Crippen molar-refractivity contribution in [2.24, 2.45) is 5.73 Å². The zero-order valence-electron chi connectivity index (χ0n) is 6.99. The van der Waals surface area contributed by atoms with Gasteiger partial charge >= 0.3 is 0 Å². The van der Waals surface area contributed by atoms with Crippen LogP contribution in [0.1, 0.15) is 19.8 Å². The summed E-state index contributed by atoms with van der Waals surface area (Å²) in [5, 5.41) is 0. The van der Waals surface area contributed by atoms with Crippen molar-refractivity contribution in [3.63, 3.8) is 0 Å². The summed E-state index contributed by atoms with van der Waals surface area (Å²) in [4.78, 5) is 23.2. The van der Waals surface area contributed by atoms with Gasteiger partial charge in [-0.25, -0.2) is 0 Å². The van der Waals surface area contributed by atoms with E-state index in [1.165, 1.54) is 12.2 Å². The van der Waals surface area contributed by atoms with Crippen molar-refractivity contribution in [2.45, 2.75) is 25.9 Å². The van der Waals surface area contributed by atoms with E-state index in [-0.39, 0.29) is 11.8 Å². The van der Waals surface area contributed by atoms with E-state index in [4.69, 9.17) is 5.73 Å². The predicted octanol–water partition coefficient (Wildman–Crippen LogP) is -0.00370. The molecule has 2 N–H and O–H groups in total. The number of carbonyl (C=O) groups is 2. The molecular formula is C8H12N2O2. The summed E-state index contributed by atoms with van der Waals surface area (Å²) in [6.07, 6.45) is 3.54. The Morgan fingerprint density at radius 1 is 1.42 bits per heavy atom. The maximum absolute atomic E-state index is 11.0. The lowest BCUT2D eigenvalue weighted by atomic mass is 10.2. The average Bonchev–Trinajstić information content (AvgIpc) is 2.32. The van der Waals surface area contributed by atoms with E-state index in [9.17, 15) is 9.59 Å². The minimum atomic E-state index is -0.468. The molecule has 4 heteroatoms. The maximum atomic E-state index is 11.0. The molecule has 0 fully saturated rings. The number of carbonyl (C=O) groups excluding carboxylic acids is 2. The lowest BCUT2D eigenvalue weighted by Gasteiger charge is -2.21. The molecule has 0 aromatic rings. The highest BCUT2D eigenvalue weighted by Gasteiger charge is 2.27. The first kappa shape index (κ1) is 8.93. The van der Waals surface area contributed by atoms with Crippen molar-refractivity contribution < 1.29 is 9.59 Å². The van der Waals surface area contributed by atoms with Gasteiger partial charge in [0.1, 0.15) is 0 Å². The first-order chi connectivity index (χ1) is 5.66. The Hall–Kier alpha value is -1.16. The van der Waals surface area contributed by atoms with E-state index in [0.717, 1.165) is 11.3 Å². The Morgan fingerprint density at radius 3 is 2.33 bits per heavy atom. The minimum absolute atomic E-state index is 0.305. The Balaban J connectivity index is 2.63. The molecule has 1 heterocycles. The maximum Gasteiger partial charge on any atom is 0.254 e. The van der Waals surface area contributed by atoms with Crippen LogP contribution in [0.15, 0.2) is 12.2 Å². The van der Waals surface area contributed by atoms with Crippen molar-refractivity contribution in [2.75, 3.05) is 0 Å². The summed E-state index contributed by atoms with van der Waals surface area (Å²) in [5.41, 5.74) is 5.61. The van der Waals surface area contributed by atoms with E-state index in [1.807, 2.05) is 6.92 Å². The zero-order chi connectivity index (χ0) is 9.14. The summed E-state index contributed by atoms with van der Waals surface area (Å²) < 4.78 is 0. The summed E-state index contributed by atoms with van der Waals surface area (Å²) in [5.74, 6) is -0.609. The van der Waals surface area contributed by atoms with E-state index in [2.05, 4.69) is 0 Å². The smallest absolute Gasteiger partial charge is 0.254 e. The minimum Gasteiger partial charge on any atom is -0.311 e.